The first-order chi connectivity index (χ1) is 11.4. The first kappa shape index (κ1) is 21.0. The van der Waals surface area contributed by atoms with Gasteiger partial charge in [-0.15, -0.1) is 13.2 Å². The van der Waals surface area contributed by atoms with Crippen molar-refractivity contribution in [2.24, 2.45) is 0 Å². The van der Waals surface area contributed by atoms with Crippen LogP contribution in [-0.2, 0) is 16.1 Å². The number of carboxylic acid groups (broad SMARTS) is 1. The van der Waals surface area contributed by atoms with Gasteiger partial charge in [-0.05, 0) is 6.07 Å². The van der Waals surface area contributed by atoms with Crippen LogP contribution in [0.15, 0.2) is 18.2 Å². The van der Waals surface area contributed by atoms with Gasteiger partial charge in [0, 0.05) is 24.7 Å². The maximum absolute atomic E-state index is 13.5. The summed E-state index contributed by atoms with van der Waals surface area (Å²) in [5, 5.41) is 10.1. The molecule has 1 aliphatic heterocycles. The highest BCUT2D eigenvalue weighted by Crippen LogP contribution is 2.25. The van der Waals surface area contributed by atoms with Gasteiger partial charge in [-0.2, -0.15) is 13.2 Å². The second kappa shape index (κ2) is 8.34. The first-order valence-electron chi connectivity index (χ1n) is 6.55. The molecule has 0 aliphatic carbocycles. The molecule has 1 saturated heterocycles. The predicted molar refractivity (Wildman–Crippen MR) is 68.2 cm³/mol. The molecule has 0 saturated carbocycles. The summed E-state index contributed by atoms with van der Waals surface area (Å²) >= 11 is 0. The Morgan fingerprint density at radius 2 is 1.76 bits per heavy atom. The lowest BCUT2D eigenvalue weighted by atomic mass is 10.2. The summed E-state index contributed by atoms with van der Waals surface area (Å²) in [5.41, 5.74) is 0.205. The van der Waals surface area contributed by atoms with Gasteiger partial charge >= 0.3 is 18.5 Å². The minimum Gasteiger partial charge on any atom is -0.475 e. The van der Waals surface area contributed by atoms with Crippen molar-refractivity contribution in [2.75, 3.05) is 13.1 Å². The van der Waals surface area contributed by atoms with Gasteiger partial charge < -0.3 is 19.9 Å². The zero-order valence-electron chi connectivity index (χ0n) is 12.2. The Hall–Kier alpha value is -2.08. The minimum atomic E-state index is -5.08. The van der Waals surface area contributed by atoms with Crippen molar-refractivity contribution in [1.82, 2.24) is 5.32 Å². The van der Waals surface area contributed by atoms with Crippen LogP contribution in [0.5, 0.6) is 5.75 Å². The van der Waals surface area contributed by atoms with Gasteiger partial charge in [-0.1, -0.05) is 6.07 Å². The van der Waals surface area contributed by atoms with E-state index in [2.05, 4.69) is 10.1 Å². The molecule has 0 amide bonds. The number of ether oxygens (including phenoxy) is 2. The second-order valence-corrected chi connectivity index (χ2v) is 4.70. The molecule has 0 spiro atoms. The molecule has 2 N–H and O–H groups in total. The van der Waals surface area contributed by atoms with Gasteiger partial charge in [0.05, 0.1) is 12.7 Å². The number of benzene rings is 1. The molecule has 0 radical (unpaired) electrons. The van der Waals surface area contributed by atoms with Gasteiger partial charge in [-0.25, -0.2) is 9.18 Å². The first-order valence-corrected chi connectivity index (χ1v) is 6.55. The lowest BCUT2D eigenvalue weighted by Crippen LogP contribution is -2.48. The van der Waals surface area contributed by atoms with E-state index in [0.717, 1.165) is 6.07 Å². The van der Waals surface area contributed by atoms with Crippen molar-refractivity contribution in [3.63, 3.8) is 0 Å². The number of carboxylic acids is 1. The SMILES string of the molecule is Fc1cc(OC(F)(F)F)ccc1COC1CNC1.O=C(O)C(F)(F)F. The van der Waals surface area contributed by atoms with Crippen molar-refractivity contribution >= 4 is 5.97 Å². The highest BCUT2D eigenvalue weighted by Gasteiger charge is 2.38. The molecular weight excluding hydrogens is 367 g/mol. The molecule has 0 unspecified atom stereocenters. The van der Waals surface area contributed by atoms with Crippen LogP contribution in [0, 0.1) is 5.82 Å². The Labute approximate surface area is 136 Å². The molecule has 1 heterocycles. The van der Waals surface area contributed by atoms with Crippen LogP contribution in [-0.4, -0.2) is 42.8 Å². The Bertz CT molecular complexity index is 585. The normalized spacial score (nSPS) is 15.0. The van der Waals surface area contributed by atoms with Crippen molar-refractivity contribution in [3.05, 3.63) is 29.6 Å². The molecule has 0 aromatic heterocycles. The average molecular weight is 379 g/mol. The van der Waals surface area contributed by atoms with Crippen molar-refractivity contribution in [1.29, 1.82) is 0 Å². The van der Waals surface area contributed by atoms with Gasteiger partial charge in [0.1, 0.15) is 11.6 Å². The Morgan fingerprint density at radius 1 is 1.20 bits per heavy atom. The van der Waals surface area contributed by atoms with Crippen LogP contribution in [0.4, 0.5) is 30.7 Å². The number of hydrogen-bond acceptors (Lipinski definition) is 4. The van der Waals surface area contributed by atoms with E-state index in [9.17, 15) is 30.7 Å². The summed E-state index contributed by atoms with van der Waals surface area (Å²) in [4.78, 5) is 8.90. The molecule has 1 aromatic rings. The standard InChI is InChI=1S/C11H11F4NO2.C2HF3O2/c12-10-3-8(18-11(13,14)15)2-1-7(10)6-17-9-4-16-5-9;3-2(4,5)1(6)7/h1-3,9,16H,4-6H2;(H,6,7). The number of rotatable bonds is 4. The molecule has 0 atom stereocenters. The summed E-state index contributed by atoms with van der Waals surface area (Å²) in [6.07, 6.45) is -9.86. The van der Waals surface area contributed by atoms with E-state index >= 15 is 0 Å². The third-order valence-electron chi connectivity index (χ3n) is 2.72. The fourth-order valence-electron chi connectivity index (χ4n) is 1.43. The summed E-state index contributed by atoms with van der Waals surface area (Å²) in [6.45, 7) is 1.44. The number of halogens is 7. The minimum absolute atomic E-state index is 0.0322. The van der Waals surface area contributed by atoms with Gasteiger partial charge in [0.2, 0.25) is 0 Å². The third-order valence-corrected chi connectivity index (χ3v) is 2.72. The van der Waals surface area contributed by atoms with E-state index in [1.165, 1.54) is 6.07 Å². The number of alkyl halides is 6. The fourth-order valence-corrected chi connectivity index (χ4v) is 1.43. The molecule has 25 heavy (non-hydrogen) atoms. The van der Waals surface area contributed by atoms with E-state index in [0.29, 0.717) is 19.2 Å². The summed E-state index contributed by atoms with van der Waals surface area (Å²) in [6, 6.07) is 2.99. The van der Waals surface area contributed by atoms with Crippen molar-refractivity contribution in [2.45, 2.75) is 25.2 Å². The Morgan fingerprint density at radius 3 is 2.12 bits per heavy atom. The number of aliphatic carboxylic acids is 1. The smallest absolute Gasteiger partial charge is 0.475 e. The van der Waals surface area contributed by atoms with E-state index in [1.54, 1.807) is 0 Å². The second-order valence-electron chi connectivity index (χ2n) is 4.70. The van der Waals surface area contributed by atoms with Crippen LogP contribution >= 0.6 is 0 Å². The highest BCUT2D eigenvalue weighted by molar-refractivity contribution is 5.73. The van der Waals surface area contributed by atoms with E-state index in [1.807, 2.05) is 0 Å². The van der Waals surface area contributed by atoms with Gasteiger partial charge in [0.15, 0.2) is 0 Å². The molecule has 12 heteroatoms. The summed E-state index contributed by atoms with van der Waals surface area (Å²) in [5.74, 6) is -4.11. The molecule has 142 valence electrons. The Kier molecular flexibility index (Phi) is 6.99. The average Bonchev–Trinajstić information content (AvgIpc) is 2.37. The van der Waals surface area contributed by atoms with E-state index < -0.39 is 30.1 Å². The van der Waals surface area contributed by atoms with Crippen LogP contribution in [0.3, 0.4) is 0 Å². The molecule has 2 rings (SSSR count). The summed E-state index contributed by atoms with van der Waals surface area (Å²) in [7, 11) is 0. The van der Waals surface area contributed by atoms with Crippen molar-refractivity contribution in [3.8, 4) is 5.75 Å². The zero-order valence-corrected chi connectivity index (χ0v) is 12.2. The lowest BCUT2D eigenvalue weighted by molar-refractivity contribution is -0.274. The maximum Gasteiger partial charge on any atom is 0.573 e. The molecule has 1 aliphatic rings. The van der Waals surface area contributed by atoms with Crippen LogP contribution in [0.1, 0.15) is 5.56 Å². The highest BCUT2D eigenvalue weighted by atomic mass is 19.4. The molecular formula is C13H12F7NO4. The van der Waals surface area contributed by atoms with Gasteiger partial charge in [0.25, 0.3) is 0 Å². The van der Waals surface area contributed by atoms with Gasteiger partial charge in [-0.3, -0.25) is 0 Å². The largest absolute Gasteiger partial charge is 0.573 e. The van der Waals surface area contributed by atoms with Crippen molar-refractivity contribution < 1.29 is 50.1 Å². The van der Waals surface area contributed by atoms with E-state index in [4.69, 9.17) is 14.6 Å². The van der Waals surface area contributed by atoms with Crippen LogP contribution < -0.4 is 10.1 Å². The monoisotopic (exact) mass is 379 g/mol. The number of carbonyl (C=O) groups is 1. The van der Waals surface area contributed by atoms with Crippen LogP contribution in [0.2, 0.25) is 0 Å². The molecule has 5 nitrogen and oxygen atoms in total. The number of hydrogen-bond donors (Lipinski definition) is 2. The van der Waals surface area contributed by atoms with E-state index in [-0.39, 0.29) is 18.3 Å². The third kappa shape index (κ3) is 8.03. The topological polar surface area (TPSA) is 67.8 Å². The predicted octanol–water partition coefficient (Wildman–Crippen LogP) is 2.85. The molecule has 0 bridgehead atoms. The maximum atomic E-state index is 13.5. The fraction of sp³-hybridized carbons (Fsp3) is 0.462. The summed E-state index contributed by atoms with van der Waals surface area (Å²) < 4.78 is 89.8. The molecule has 1 aromatic carbocycles. The lowest BCUT2D eigenvalue weighted by Gasteiger charge is -2.27. The zero-order chi connectivity index (χ0) is 19.3. The quantitative estimate of drug-likeness (QED) is 0.788. The molecule has 1 fully saturated rings. The number of nitrogens with one attached hydrogen (secondary N) is 1. The van der Waals surface area contributed by atoms with Crippen LogP contribution in [0.25, 0.3) is 0 Å². The Balaban J connectivity index is 0.000000381.